The first kappa shape index (κ1) is 20.2. The van der Waals surface area contributed by atoms with E-state index in [2.05, 4.69) is 4.72 Å². The van der Waals surface area contributed by atoms with Crippen LogP contribution in [-0.4, -0.2) is 39.4 Å². The molecule has 1 heterocycles. The largest absolute Gasteiger partial charge is 0.496 e. The molecule has 28 heavy (non-hydrogen) atoms. The molecule has 1 amide bonds. The zero-order chi connectivity index (χ0) is 20.1. The normalized spacial score (nSPS) is 14.6. The maximum Gasteiger partial charge on any atom is 0.261 e. The van der Waals surface area contributed by atoms with Crippen LogP contribution >= 0.6 is 0 Å². The SMILES string of the molecule is CCc1cc(S(=O)(=O)Nc2ccccc2C(=O)N2CCCCC2)ccc1OC. The van der Waals surface area contributed by atoms with Crippen molar-refractivity contribution in [1.29, 1.82) is 0 Å². The van der Waals surface area contributed by atoms with Crippen LogP contribution in [0, 0.1) is 0 Å². The first-order valence-corrected chi connectivity index (χ1v) is 11.0. The van der Waals surface area contributed by atoms with Crippen LogP contribution in [0.25, 0.3) is 0 Å². The third-order valence-electron chi connectivity index (χ3n) is 4.99. The topological polar surface area (TPSA) is 75.7 Å². The number of aryl methyl sites for hydroxylation is 1. The first-order valence-electron chi connectivity index (χ1n) is 9.54. The second kappa shape index (κ2) is 8.65. The van der Waals surface area contributed by atoms with Crippen molar-refractivity contribution in [1.82, 2.24) is 4.90 Å². The van der Waals surface area contributed by atoms with Gasteiger partial charge in [0.1, 0.15) is 5.75 Å². The average molecular weight is 403 g/mol. The number of carbonyl (C=O) groups excluding carboxylic acids is 1. The summed E-state index contributed by atoms with van der Waals surface area (Å²) in [7, 11) is -2.28. The van der Waals surface area contributed by atoms with Crippen LogP contribution in [0.1, 0.15) is 42.1 Å². The number of para-hydroxylation sites is 1. The van der Waals surface area contributed by atoms with Crippen molar-refractivity contribution in [3.05, 3.63) is 53.6 Å². The van der Waals surface area contributed by atoms with Gasteiger partial charge in [-0.1, -0.05) is 19.1 Å². The number of likely N-dealkylation sites (tertiary alicyclic amines) is 1. The number of nitrogens with one attached hydrogen (secondary N) is 1. The Morgan fingerprint density at radius 3 is 2.50 bits per heavy atom. The van der Waals surface area contributed by atoms with E-state index in [9.17, 15) is 13.2 Å². The Labute approximate surface area is 166 Å². The fraction of sp³-hybridized carbons (Fsp3) is 0.381. The molecule has 2 aromatic rings. The van der Waals surface area contributed by atoms with Crippen molar-refractivity contribution >= 4 is 21.6 Å². The fourth-order valence-corrected chi connectivity index (χ4v) is 4.56. The Bertz CT molecular complexity index is 951. The van der Waals surface area contributed by atoms with Crippen LogP contribution < -0.4 is 9.46 Å². The average Bonchev–Trinajstić information content (AvgIpc) is 2.73. The van der Waals surface area contributed by atoms with E-state index in [-0.39, 0.29) is 10.8 Å². The van der Waals surface area contributed by atoms with Gasteiger partial charge in [0.2, 0.25) is 0 Å². The number of hydrogen-bond donors (Lipinski definition) is 1. The Kier molecular flexibility index (Phi) is 6.24. The lowest BCUT2D eigenvalue weighted by Crippen LogP contribution is -2.36. The van der Waals surface area contributed by atoms with E-state index in [0.29, 0.717) is 36.5 Å². The van der Waals surface area contributed by atoms with Gasteiger partial charge in [0.15, 0.2) is 0 Å². The molecule has 150 valence electrons. The number of sulfonamides is 1. The Balaban J connectivity index is 1.90. The molecule has 1 aliphatic rings. The summed E-state index contributed by atoms with van der Waals surface area (Å²) >= 11 is 0. The minimum Gasteiger partial charge on any atom is -0.496 e. The molecule has 6 nitrogen and oxygen atoms in total. The van der Waals surface area contributed by atoms with E-state index >= 15 is 0 Å². The maximum atomic E-state index is 12.9. The first-order chi connectivity index (χ1) is 13.5. The van der Waals surface area contributed by atoms with Crippen molar-refractivity contribution in [3.63, 3.8) is 0 Å². The molecule has 3 rings (SSSR count). The summed E-state index contributed by atoms with van der Waals surface area (Å²) in [5.74, 6) is 0.518. The molecule has 7 heteroatoms. The molecule has 1 fully saturated rings. The van der Waals surface area contributed by atoms with Crippen LogP contribution in [0.4, 0.5) is 5.69 Å². The number of hydrogen-bond acceptors (Lipinski definition) is 4. The van der Waals surface area contributed by atoms with Gasteiger partial charge < -0.3 is 9.64 Å². The molecule has 2 aromatic carbocycles. The van der Waals surface area contributed by atoms with Crippen LogP contribution in [0.5, 0.6) is 5.75 Å². The molecule has 0 radical (unpaired) electrons. The number of carbonyl (C=O) groups is 1. The van der Waals surface area contributed by atoms with Crippen LogP contribution in [-0.2, 0) is 16.4 Å². The zero-order valence-corrected chi connectivity index (χ0v) is 17.1. The van der Waals surface area contributed by atoms with Gasteiger partial charge in [-0.3, -0.25) is 9.52 Å². The van der Waals surface area contributed by atoms with E-state index in [4.69, 9.17) is 4.74 Å². The number of benzene rings is 2. The molecular weight excluding hydrogens is 376 g/mol. The number of nitrogens with zero attached hydrogens (tertiary/aromatic N) is 1. The zero-order valence-electron chi connectivity index (χ0n) is 16.3. The highest BCUT2D eigenvalue weighted by Crippen LogP contribution is 2.26. The Morgan fingerprint density at radius 2 is 1.82 bits per heavy atom. The predicted octanol–water partition coefficient (Wildman–Crippen LogP) is 3.68. The highest BCUT2D eigenvalue weighted by Gasteiger charge is 2.23. The van der Waals surface area contributed by atoms with E-state index in [0.717, 1.165) is 24.8 Å². The van der Waals surface area contributed by atoms with Crippen LogP contribution in [0.2, 0.25) is 0 Å². The molecule has 0 saturated carbocycles. The van der Waals surface area contributed by atoms with Gasteiger partial charge in [-0.05, 0) is 61.6 Å². The second-order valence-corrected chi connectivity index (χ2v) is 8.51. The van der Waals surface area contributed by atoms with Gasteiger partial charge in [-0.25, -0.2) is 8.42 Å². The van der Waals surface area contributed by atoms with Gasteiger partial charge in [-0.15, -0.1) is 0 Å². The highest BCUT2D eigenvalue weighted by atomic mass is 32.2. The summed E-state index contributed by atoms with van der Waals surface area (Å²) in [5.41, 5.74) is 1.48. The summed E-state index contributed by atoms with van der Waals surface area (Å²) in [6.45, 7) is 3.35. The third-order valence-corrected chi connectivity index (χ3v) is 6.35. The number of ether oxygens (including phenoxy) is 1. The minimum atomic E-state index is -3.83. The quantitative estimate of drug-likeness (QED) is 0.800. The van der Waals surface area contributed by atoms with Crippen LogP contribution in [0.3, 0.4) is 0 Å². The number of amides is 1. The molecular formula is C21H26N2O4S. The molecule has 1 aliphatic heterocycles. The van der Waals surface area contributed by atoms with Crippen molar-refractivity contribution in [3.8, 4) is 5.75 Å². The molecule has 0 atom stereocenters. The van der Waals surface area contributed by atoms with E-state index < -0.39 is 10.0 Å². The van der Waals surface area contributed by atoms with Gasteiger partial charge in [0, 0.05) is 13.1 Å². The fourth-order valence-electron chi connectivity index (χ4n) is 3.43. The lowest BCUT2D eigenvalue weighted by Gasteiger charge is -2.27. The summed E-state index contributed by atoms with van der Waals surface area (Å²) < 4.78 is 33.8. The van der Waals surface area contributed by atoms with Gasteiger partial charge in [-0.2, -0.15) is 0 Å². The highest BCUT2D eigenvalue weighted by molar-refractivity contribution is 7.92. The Morgan fingerprint density at radius 1 is 1.11 bits per heavy atom. The summed E-state index contributed by atoms with van der Waals surface area (Å²) in [4.78, 5) is 14.8. The molecule has 0 aliphatic carbocycles. The van der Waals surface area contributed by atoms with Crippen molar-refractivity contribution in [2.75, 3.05) is 24.9 Å². The summed E-state index contributed by atoms with van der Waals surface area (Å²) in [6.07, 6.45) is 3.72. The number of piperidine rings is 1. The van der Waals surface area contributed by atoms with Crippen molar-refractivity contribution < 1.29 is 17.9 Å². The lowest BCUT2D eigenvalue weighted by molar-refractivity contribution is 0.0725. The van der Waals surface area contributed by atoms with Crippen molar-refractivity contribution in [2.24, 2.45) is 0 Å². The number of rotatable bonds is 6. The molecule has 0 bridgehead atoms. The molecule has 0 aromatic heterocycles. The predicted molar refractivity (Wildman–Crippen MR) is 109 cm³/mol. The summed E-state index contributed by atoms with van der Waals surface area (Å²) in [6, 6.07) is 11.5. The van der Waals surface area contributed by atoms with Crippen LogP contribution in [0.15, 0.2) is 47.4 Å². The smallest absolute Gasteiger partial charge is 0.261 e. The standard InChI is InChI=1S/C21H26N2O4S/c1-3-16-15-17(11-12-20(16)27-2)28(25,26)22-19-10-6-5-9-18(19)21(24)23-13-7-4-8-14-23/h5-6,9-12,15,22H,3-4,7-8,13-14H2,1-2H3. The van der Waals surface area contributed by atoms with Crippen molar-refractivity contribution in [2.45, 2.75) is 37.5 Å². The molecule has 1 saturated heterocycles. The molecule has 1 N–H and O–H groups in total. The lowest BCUT2D eigenvalue weighted by atomic mass is 10.1. The monoisotopic (exact) mass is 402 g/mol. The summed E-state index contributed by atoms with van der Waals surface area (Å²) in [5, 5.41) is 0. The molecule has 0 unspecified atom stereocenters. The van der Waals surface area contributed by atoms with E-state index in [1.54, 1.807) is 48.4 Å². The minimum absolute atomic E-state index is 0.137. The third kappa shape index (κ3) is 4.30. The van der Waals surface area contributed by atoms with Gasteiger partial charge >= 0.3 is 0 Å². The Hall–Kier alpha value is -2.54. The maximum absolute atomic E-state index is 12.9. The van der Waals surface area contributed by atoms with E-state index in [1.165, 1.54) is 6.07 Å². The number of anilines is 1. The van der Waals surface area contributed by atoms with Gasteiger partial charge in [0.25, 0.3) is 15.9 Å². The van der Waals surface area contributed by atoms with Gasteiger partial charge in [0.05, 0.1) is 23.3 Å². The molecule has 0 spiro atoms. The van der Waals surface area contributed by atoms with E-state index in [1.807, 2.05) is 6.92 Å². The second-order valence-electron chi connectivity index (χ2n) is 6.83. The number of methoxy groups -OCH3 is 1.